The van der Waals surface area contributed by atoms with Crippen LogP contribution >= 0.6 is 11.6 Å². The number of imidazole rings is 1. The Morgan fingerprint density at radius 2 is 2.38 bits per heavy atom. The van der Waals surface area contributed by atoms with E-state index in [2.05, 4.69) is 9.97 Å². The first kappa shape index (κ1) is 10.8. The second-order valence-corrected chi connectivity index (χ2v) is 3.74. The molecule has 0 aliphatic carbocycles. The van der Waals surface area contributed by atoms with Gasteiger partial charge in [-0.2, -0.15) is 0 Å². The van der Waals surface area contributed by atoms with Gasteiger partial charge in [0.2, 0.25) is 0 Å². The fraction of sp³-hybridized carbons (Fsp3) is 0.222. The van der Waals surface area contributed by atoms with E-state index in [1.807, 2.05) is 0 Å². The van der Waals surface area contributed by atoms with Crippen LogP contribution in [0, 0.1) is 0 Å². The van der Waals surface area contributed by atoms with Crippen LogP contribution in [0.5, 0.6) is 0 Å². The minimum atomic E-state index is -1.05. The van der Waals surface area contributed by atoms with Crippen LogP contribution < -0.4 is 5.73 Å². The molecule has 16 heavy (non-hydrogen) atoms. The third kappa shape index (κ3) is 1.84. The molecule has 0 saturated heterocycles. The highest BCUT2D eigenvalue weighted by molar-refractivity contribution is 6.33. The monoisotopic (exact) mass is 240 g/mol. The first-order valence-corrected chi connectivity index (χ1v) is 4.91. The molecule has 0 aliphatic heterocycles. The molecular weight excluding hydrogens is 232 g/mol. The molecule has 2 heterocycles. The van der Waals surface area contributed by atoms with Crippen molar-refractivity contribution >= 4 is 23.2 Å². The molecule has 0 radical (unpaired) electrons. The summed E-state index contributed by atoms with van der Waals surface area (Å²) in [6, 6.07) is -0.959. The maximum absolute atomic E-state index is 10.6. The lowest BCUT2D eigenvalue weighted by Crippen LogP contribution is -2.32. The number of nitrogens with two attached hydrogens (primary N) is 1. The van der Waals surface area contributed by atoms with Gasteiger partial charge in [0.1, 0.15) is 17.4 Å². The minimum Gasteiger partial charge on any atom is -0.480 e. The van der Waals surface area contributed by atoms with Gasteiger partial charge < -0.3 is 10.8 Å². The molecule has 6 nitrogen and oxygen atoms in total. The molecule has 0 saturated carbocycles. The van der Waals surface area contributed by atoms with E-state index < -0.39 is 12.0 Å². The van der Waals surface area contributed by atoms with Crippen LogP contribution in [0.25, 0.3) is 5.65 Å². The maximum atomic E-state index is 10.6. The number of nitrogens with zero attached hydrogens (tertiary/aromatic N) is 3. The number of carboxylic acid groups (broad SMARTS) is 1. The number of carboxylic acids is 1. The Balaban J connectivity index is 2.39. The van der Waals surface area contributed by atoms with E-state index in [9.17, 15) is 4.79 Å². The molecule has 2 aromatic rings. The molecule has 1 unspecified atom stereocenters. The Morgan fingerprint density at radius 1 is 1.62 bits per heavy atom. The summed E-state index contributed by atoms with van der Waals surface area (Å²) in [5.41, 5.74) is 6.65. The van der Waals surface area contributed by atoms with Crippen LogP contribution in [0.4, 0.5) is 0 Å². The maximum Gasteiger partial charge on any atom is 0.320 e. The predicted molar refractivity (Wildman–Crippen MR) is 57.3 cm³/mol. The lowest BCUT2D eigenvalue weighted by Gasteiger charge is -2.05. The van der Waals surface area contributed by atoms with Gasteiger partial charge in [-0.3, -0.25) is 9.20 Å². The molecule has 0 bridgehead atoms. The Hall–Kier alpha value is -1.66. The number of aromatic nitrogens is 3. The lowest BCUT2D eigenvalue weighted by molar-refractivity contribution is -0.138. The van der Waals surface area contributed by atoms with Gasteiger partial charge in [0.15, 0.2) is 5.65 Å². The van der Waals surface area contributed by atoms with Crippen LogP contribution in [0.3, 0.4) is 0 Å². The molecule has 84 valence electrons. The minimum absolute atomic E-state index is 0.179. The fourth-order valence-corrected chi connectivity index (χ4v) is 1.58. The summed E-state index contributed by atoms with van der Waals surface area (Å²) >= 11 is 5.88. The van der Waals surface area contributed by atoms with Gasteiger partial charge in [-0.05, 0) is 0 Å². The van der Waals surface area contributed by atoms with Crippen molar-refractivity contribution in [2.45, 2.75) is 12.5 Å². The number of hydrogen-bond acceptors (Lipinski definition) is 4. The third-order valence-corrected chi connectivity index (χ3v) is 2.47. The summed E-state index contributed by atoms with van der Waals surface area (Å²) in [4.78, 5) is 18.6. The number of fused-ring (bicyclic) bond motifs is 1. The first-order chi connectivity index (χ1) is 7.59. The average molecular weight is 241 g/mol. The average Bonchev–Trinajstić information content (AvgIpc) is 2.63. The Kier molecular flexibility index (Phi) is 2.76. The van der Waals surface area contributed by atoms with Crippen LogP contribution in [-0.4, -0.2) is 31.5 Å². The van der Waals surface area contributed by atoms with Crippen LogP contribution in [0.2, 0.25) is 5.02 Å². The molecule has 0 fully saturated rings. The number of rotatable bonds is 3. The first-order valence-electron chi connectivity index (χ1n) is 4.53. The van der Waals surface area contributed by atoms with Crippen molar-refractivity contribution in [2.75, 3.05) is 0 Å². The molecule has 2 rings (SSSR count). The second kappa shape index (κ2) is 4.07. The van der Waals surface area contributed by atoms with E-state index in [4.69, 9.17) is 22.4 Å². The lowest BCUT2D eigenvalue weighted by atomic mass is 10.2. The van der Waals surface area contributed by atoms with Crippen molar-refractivity contribution in [1.82, 2.24) is 14.4 Å². The zero-order chi connectivity index (χ0) is 11.7. The molecular formula is C9H9ClN4O2. The molecule has 7 heteroatoms. The predicted octanol–water partition coefficient (Wildman–Crippen LogP) is 0.337. The van der Waals surface area contributed by atoms with Gasteiger partial charge >= 0.3 is 5.97 Å². The van der Waals surface area contributed by atoms with Crippen molar-refractivity contribution in [1.29, 1.82) is 0 Å². The Bertz CT molecular complexity index is 539. The van der Waals surface area contributed by atoms with Gasteiger partial charge in [0.05, 0.1) is 6.20 Å². The van der Waals surface area contributed by atoms with Crippen molar-refractivity contribution in [3.63, 3.8) is 0 Å². The summed E-state index contributed by atoms with van der Waals surface area (Å²) in [5.74, 6) is -1.05. The van der Waals surface area contributed by atoms with Gasteiger partial charge in [-0.15, -0.1) is 0 Å². The Morgan fingerprint density at radius 3 is 3.06 bits per heavy atom. The topological polar surface area (TPSA) is 93.5 Å². The van der Waals surface area contributed by atoms with Crippen LogP contribution in [-0.2, 0) is 11.2 Å². The van der Waals surface area contributed by atoms with E-state index >= 15 is 0 Å². The van der Waals surface area contributed by atoms with Crippen LogP contribution in [0.15, 0.2) is 18.7 Å². The number of aliphatic carboxylic acids is 1. The highest BCUT2D eigenvalue weighted by atomic mass is 35.5. The quantitative estimate of drug-likeness (QED) is 0.807. The number of halogens is 1. The molecule has 0 spiro atoms. The molecule has 0 aromatic carbocycles. The largest absolute Gasteiger partial charge is 0.480 e. The van der Waals surface area contributed by atoms with Crippen molar-refractivity contribution in [3.8, 4) is 0 Å². The summed E-state index contributed by atoms with van der Waals surface area (Å²) in [6.45, 7) is 0. The Labute approximate surface area is 95.7 Å². The van der Waals surface area contributed by atoms with Gasteiger partial charge in [0, 0.05) is 18.3 Å². The van der Waals surface area contributed by atoms with E-state index in [-0.39, 0.29) is 6.42 Å². The molecule has 0 amide bonds. The van der Waals surface area contributed by atoms with Crippen LogP contribution in [0.1, 0.15) is 5.69 Å². The standard InChI is InChI=1S/C9H9ClN4O2/c10-6-3-12-4-14-5(2-13-8(6)14)1-7(11)9(15)16/h2-4,7H,1,11H2,(H,15,16). The highest BCUT2D eigenvalue weighted by Gasteiger charge is 2.15. The number of carbonyl (C=O) groups is 1. The summed E-state index contributed by atoms with van der Waals surface area (Å²) in [5, 5.41) is 9.13. The van der Waals surface area contributed by atoms with Crippen molar-refractivity contribution in [3.05, 3.63) is 29.4 Å². The number of hydrogen-bond donors (Lipinski definition) is 2. The smallest absolute Gasteiger partial charge is 0.320 e. The van der Waals surface area contributed by atoms with E-state index in [0.717, 1.165) is 0 Å². The summed E-state index contributed by atoms with van der Waals surface area (Å²) in [6.07, 6.45) is 4.73. The molecule has 3 N–H and O–H groups in total. The van der Waals surface area contributed by atoms with Gasteiger partial charge in [-0.1, -0.05) is 11.6 Å². The SMILES string of the molecule is NC(Cc1cnc2c(Cl)cncn12)C(=O)O. The molecule has 0 aliphatic rings. The molecule has 2 aromatic heterocycles. The van der Waals surface area contributed by atoms with Crippen molar-refractivity contribution < 1.29 is 9.90 Å². The highest BCUT2D eigenvalue weighted by Crippen LogP contribution is 2.16. The normalized spacial score (nSPS) is 12.9. The zero-order valence-electron chi connectivity index (χ0n) is 8.17. The van der Waals surface area contributed by atoms with E-state index in [0.29, 0.717) is 16.4 Å². The van der Waals surface area contributed by atoms with E-state index in [1.165, 1.54) is 12.5 Å². The van der Waals surface area contributed by atoms with Crippen molar-refractivity contribution in [2.24, 2.45) is 5.73 Å². The third-order valence-electron chi connectivity index (χ3n) is 2.20. The second-order valence-electron chi connectivity index (χ2n) is 3.33. The summed E-state index contributed by atoms with van der Waals surface area (Å²) in [7, 11) is 0. The van der Waals surface area contributed by atoms with E-state index in [1.54, 1.807) is 10.6 Å². The van der Waals surface area contributed by atoms with Gasteiger partial charge in [-0.25, -0.2) is 9.97 Å². The fourth-order valence-electron chi connectivity index (χ4n) is 1.39. The van der Waals surface area contributed by atoms with Gasteiger partial charge in [0.25, 0.3) is 0 Å². The zero-order valence-corrected chi connectivity index (χ0v) is 8.92. The molecule has 1 atom stereocenters. The summed E-state index contributed by atoms with van der Waals surface area (Å²) < 4.78 is 1.63.